The Kier molecular flexibility index (Phi) is 3.30. The molecule has 96 valence electrons. The molecule has 3 rings (SSSR count). The molecule has 0 radical (unpaired) electrons. The average molecular weight is 247 g/mol. The van der Waals surface area contributed by atoms with Crippen molar-refractivity contribution >= 4 is 5.78 Å². The maximum absolute atomic E-state index is 12.4. The minimum absolute atomic E-state index is 0.0773. The Bertz CT molecular complexity index is 452. The second-order valence-corrected chi connectivity index (χ2v) is 4.69. The Hall–Kier alpha value is -1.39. The van der Waals surface area contributed by atoms with E-state index in [1.165, 1.54) is 0 Å². The molecule has 1 saturated heterocycles. The molecule has 1 N–H and O–H groups in total. The number of hydrogen-bond donors (Lipinski definition) is 1. The molecule has 1 atom stereocenters. The number of fused-ring (bicyclic) bond motifs is 1. The van der Waals surface area contributed by atoms with E-state index < -0.39 is 0 Å². The molecule has 0 amide bonds. The molecule has 1 aromatic rings. The average Bonchev–Trinajstić information content (AvgIpc) is 2.47. The number of carbonyl (C=O) groups is 1. The van der Waals surface area contributed by atoms with E-state index in [2.05, 4.69) is 5.32 Å². The summed E-state index contributed by atoms with van der Waals surface area (Å²) in [4.78, 5) is 12.4. The molecule has 18 heavy (non-hydrogen) atoms. The van der Waals surface area contributed by atoms with Crippen LogP contribution in [0.25, 0.3) is 0 Å². The number of rotatable bonds is 2. The first-order valence-electron chi connectivity index (χ1n) is 6.46. The van der Waals surface area contributed by atoms with Crippen molar-refractivity contribution in [2.24, 2.45) is 0 Å². The van der Waals surface area contributed by atoms with Crippen molar-refractivity contribution in [2.45, 2.75) is 18.9 Å². The Morgan fingerprint density at radius 2 is 2.28 bits per heavy atom. The number of Topliss-reactive ketones (excluding diaryl/α,β-unsaturated/α-hetero) is 1. The van der Waals surface area contributed by atoms with Gasteiger partial charge in [0.25, 0.3) is 0 Å². The minimum Gasteiger partial charge on any atom is -0.493 e. The summed E-state index contributed by atoms with van der Waals surface area (Å²) in [5.74, 6) is 0.856. The van der Waals surface area contributed by atoms with Gasteiger partial charge in [0.1, 0.15) is 5.75 Å². The fourth-order valence-corrected chi connectivity index (χ4v) is 2.50. The van der Waals surface area contributed by atoms with Gasteiger partial charge in [0.2, 0.25) is 0 Å². The van der Waals surface area contributed by atoms with Crippen LogP contribution in [-0.4, -0.2) is 38.2 Å². The molecule has 1 aromatic carbocycles. The molecule has 0 bridgehead atoms. The van der Waals surface area contributed by atoms with Crippen LogP contribution in [-0.2, 0) is 11.2 Å². The van der Waals surface area contributed by atoms with Crippen LogP contribution in [0, 0.1) is 0 Å². The second-order valence-electron chi connectivity index (χ2n) is 4.69. The predicted molar refractivity (Wildman–Crippen MR) is 67.2 cm³/mol. The van der Waals surface area contributed by atoms with Crippen LogP contribution in [0.2, 0.25) is 0 Å². The number of benzene rings is 1. The van der Waals surface area contributed by atoms with E-state index in [4.69, 9.17) is 9.47 Å². The lowest BCUT2D eigenvalue weighted by Gasteiger charge is -2.25. The lowest BCUT2D eigenvalue weighted by molar-refractivity contribution is 0.0604. The lowest BCUT2D eigenvalue weighted by atomic mass is 9.97. The van der Waals surface area contributed by atoms with Crippen molar-refractivity contribution in [3.63, 3.8) is 0 Å². The molecule has 0 spiro atoms. The first-order chi connectivity index (χ1) is 8.86. The molecule has 4 nitrogen and oxygen atoms in total. The molecule has 0 aromatic heterocycles. The lowest BCUT2D eigenvalue weighted by Crippen LogP contribution is -2.46. The normalized spacial score (nSPS) is 23.0. The van der Waals surface area contributed by atoms with Crippen molar-refractivity contribution in [3.8, 4) is 5.75 Å². The van der Waals surface area contributed by atoms with Gasteiger partial charge < -0.3 is 14.8 Å². The largest absolute Gasteiger partial charge is 0.493 e. The van der Waals surface area contributed by atoms with Gasteiger partial charge in [-0.1, -0.05) is 12.1 Å². The summed E-state index contributed by atoms with van der Waals surface area (Å²) in [6.45, 7) is 2.55. The number of para-hydroxylation sites is 1. The van der Waals surface area contributed by atoms with Crippen LogP contribution in [0.5, 0.6) is 5.75 Å². The zero-order valence-corrected chi connectivity index (χ0v) is 10.3. The van der Waals surface area contributed by atoms with Crippen LogP contribution < -0.4 is 10.1 Å². The third-order valence-electron chi connectivity index (χ3n) is 3.44. The third-order valence-corrected chi connectivity index (χ3v) is 3.44. The molecule has 1 fully saturated rings. The highest BCUT2D eigenvalue weighted by Gasteiger charge is 2.26. The van der Waals surface area contributed by atoms with E-state index in [1.807, 2.05) is 18.2 Å². The number of hydrogen-bond acceptors (Lipinski definition) is 4. The van der Waals surface area contributed by atoms with Gasteiger partial charge >= 0.3 is 0 Å². The van der Waals surface area contributed by atoms with E-state index in [1.54, 1.807) is 0 Å². The first-order valence-corrected chi connectivity index (χ1v) is 6.46. The Labute approximate surface area is 106 Å². The zero-order valence-electron chi connectivity index (χ0n) is 10.3. The van der Waals surface area contributed by atoms with Crippen LogP contribution in [0.4, 0.5) is 0 Å². The van der Waals surface area contributed by atoms with Crippen molar-refractivity contribution < 1.29 is 14.3 Å². The maximum Gasteiger partial charge on any atom is 0.185 e. The highest BCUT2D eigenvalue weighted by atomic mass is 16.5. The van der Waals surface area contributed by atoms with Gasteiger partial charge in [0, 0.05) is 6.54 Å². The zero-order chi connectivity index (χ0) is 12.4. The van der Waals surface area contributed by atoms with E-state index in [-0.39, 0.29) is 11.8 Å². The third kappa shape index (κ3) is 2.13. The molecule has 4 heteroatoms. The van der Waals surface area contributed by atoms with Gasteiger partial charge in [-0.15, -0.1) is 0 Å². The van der Waals surface area contributed by atoms with Crippen molar-refractivity contribution in [1.82, 2.24) is 5.32 Å². The Morgan fingerprint density at radius 3 is 3.11 bits per heavy atom. The number of carbonyl (C=O) groups excluding carboxylic acids is 1. The summed E-state index contributed by atoms with van der Waals surface area (Å²) in [5.41, 5.74) is 1.83. The summed E-state index contributed by atoms with van der Waals surface area (Å²) in [5, 5.41) is 3.19. The van der Waals surface area contributed by atoms with Crippen LogP contribution in [0.1, 0.15) is 22.3 Å². The van der Waals surface area contributed by atoms with Gasteiger partial charge in [-0.2, -0.15) is 0 Å². The standard InChI is InChI=1S/C14H17NO3/c16-13(12-9-17-8-6-15-12)11-5-1-3-10-4-2-7-18-14(10)11/h1,3,5,12,15H,2,4,6-9H2. The Morgan fingerprint density at radius 1 is 1.33 bits per heavy atom. The minimum atomic E-state index is -0.240. The fraction of sp³-hybridized carbons (Fsp3) is 0.500. The highest BCUT2D eigenvalue weighted by Crippen LogP contribution is 2.29. The van der Waals surface area contributed by atoms with E-state index in [9.17, 15) is 4.79 Å². The monoisotopic (exact) mass is 247 g/mol. The second kappa shape index (κ2) is 5.08. The van der Waals surface area contributed by atoms with E-state index in [0.717, 1.165) is 30.7 Å². The predicted octanol–water partition coefficient (Wildman–Crippen LogP) is 1.18. The molecular weight excluding hydrogens is 230 g/mol. The van der Waals surface area contributed by atoms with Crippen molar-refractivity contribution in [3.05, 3.63) is 29.3 Å². The van der Waals surface area contributed by atoms with Gasteiger partial charge in [0.05, 0.1) is 31.4 Å². The van der Waals surface area contributed by atoms with Gasteiger partial charge in [0.15, 0.2) is 5.78 Å². The molecule has 1 unspecified atom stereocenters. The van der Waals surface area contributed by atoms with E-state index in [0.29, 0.717) is 25.4 Å². The van der Waals surface area contributed by atoms with Crippen LogP contribution in [0.15, 0.2) is 18.2 Å². The van der Waals surface area contributed by atoms with Gasteiger partial charge in [-0.05, 0) is 24.5 Å². The van der Waals surface area contributed by atoms with Gasteiger partial charge in [-0.25, -0.2) is 0 Å². The van der Waals surface area contributed by atoms with Crippen molar-refractivity contribution in [2.75, 3.05) is 26.4 Å². The smallest absolute Gasteiger partial charge is 0.185 e. The summed E-state index contributed by atoms with van der Waals surface area (Å²) >= 11 is 0. The van der Waals surface area contributed by atoms with Crippen molar-refractivity contribution in [1.29, 1.82) is 0 Å². The van der Waals surface area contributed by atoms with Crippen LogP contribution in [0.3, 0.4) is 0 Å². The number of aryl methyl sites for hydroxylation is 1. The number of ketones is 1. The highest BCUT2D eigenvalue weighted by molar-refractivity contribution is 6.03. The molecule has 2 aliphatic rings. The quantitative estimate of drug-likeness (QED) is 0.797. The summed E-state index contributed by atoms with van der Waals surface area (Å²) in [7, 11) is 0. The number of nitrogens with one attached hydrogen (secondary N) is 1. The van der Waals surface area contributed by atoms with Crippen LogP contribution >= 0.6 is 0 Å². The molecule has 0 saturated carbocycles. The van der Waals surface area contributed by atoms with E-state index >= 15 is 0 Å². The summed E-state index contributed by atoms with van der Waals surface area (Å²) < 4.78 is 11.0. The number of morpholine rings is 1. The SMILES string of the molecule is O=C(c1cccc2c1OCCC2)C1COCCN1. The maximum atomic E-state index is 12.4. The molecule has 0 aliphatic carbocycles. The van der Waals surface area contributed by atoms with Gasteiger partial charge in [-0.3, -0.25) is 4.79 Å². The molecule has 2 aliphatic heterocycles. The molecule has 2 heterocycles. The topological polar surface area (TPSA) is 47.6 Å². The Balaban J connectivity index is 1.89. The first kappa shape index (κ1) is 11.7. The summed E-state index contributed by atoms with van der Waals surface area (Å²) in [6.07, 6.45) is 2.01. The number of ether oxygens (including phenoxy) is 2. The fourth-order valence-electron chi connectivity index (χ4n) is 2.50. The summed E-state index contributed by atoms with van der Waals surface area (Å²) in [6, 6.07) is 5.58. The molecular formula is C14H17NO3.